The van der Waals surface area contributed by atoms with Crippen molar-refractivity contribution < 1.29 is 5.21 Å². The van der Waals surface area contributed by atoms with E-state index in [-0.39, 0.29) is 11.2 Å². The van der Waals surface area contributed by atoms with Crippen LogP contribution in [0, 0.1) is 16.7 Å². The van der Waals surface area contributed by atoms with E-state index in [1.165, 1.54) is 0 Å². The molecule has 68 valence electrons. The fraction of sp³-hybridized carbons (Fsp3) is 0. The van der Waals surface area contributed by atoms with Gasteiger partial charge in [-0.3, -0.25) is 5.41 Å². The summed E-state index contributed by atoms with van der Waals surface area (Å²) in [7, 11) is 0. The first-order chi connectivity index (χ1) is 6.74. The Balaban J connectivity index is 3.01. The van der Waals surface area contributed by atoms with Gasteiger partial charge in [0.15, 0.2) is 11.2 Å². The number of para-hydroxylation sites is 2. The van der Waals surface area contributed by atoms with Crippen molar-refractivity contribution in [2.45, 2.75) is 0 Å². The van der Waals surface area contributed by atoms with Crippen molar-refractivity contribution in [1.82, 2.24) is 9.71 Å². The van der Waals surface area contributed by atoms with E-state index in [1.54, 1.807) is 30.3 Å². The molecule has 0 spiro atoms. The van der Waals surface area contributed by atoms with Crippen LogP contribution in [0.3, 0.4) is 0 Å². The maximum atomic E-state index is 9.51. The fourth-order valence-electron chi connectivity index (χ4n) is 1.21. The standard InChI is InChI=1S/C9H6N4O/c10-5-7-9(11)13(14)8-4-2-1-3-6(8)12-7/h1-4,11,14H. The highest BCUT2D eigenvalue weighted by Gasteiger charge is 2.05. The number of nitrogens with zero attached hydrogens (tertiary/aromatic N) is 3. The zero-order chi connectivity index (χ0) is 10.1. The van der Waals surface area contributed by atoms with Gasteiger partial charge < -0.3 is 5.21 Å². The summed E-state index contributed by atoms with van der Waals surface area (Å²) in [5, 5.41) is 25.6. The third-order valence-electron chi connectivity index (χ3n) is 1.88. The largest absolute Gasteiger partial charge is 0.426 e. The third kappa shape index (κ3) is 1.02. The van der Waals surface area contributed by atoms with E-state index in [4.69, 9.17) is 10.7 Å². The average Bonchev–Trinajstić information content (AvgIpc) is 2.23. The van der Waals surface area contributed by atoms with E-state index in [0.717, 1.165) is 0 Å². The normalized spacial score (nSPS) is 9.93. The van der Waals surface area contributed by atoms with Gasteiger partial charge in [0.05, 0.1) is 5.52 Å². The lowest BCUT2D eigenvalue weighted by molar-refractivity contribution is 0.183. The molecule has 0 fully saturated rings. The van der Waals surface area contributed by atoms with Crippen molar-refractivity contribution in [3.63, 3.8) is 0 Å². The molecule has 0 saturated carbocycles. The van der Waals surface area contributed by atoms with Crippen LogP contribution < -0.4 is 5.49 Å². The van der Waals surface area contributed by atoms with E-state index in [1.807, 2.05) is 0 Å². The van der Waals surface area contributed by atoms with Crippen molar-refractivity contribution in [2.24, 2.45) is 0 Å². The van der Waals surface area contributed by atoms with Crippen LogP contribution in [0.15, 0.2) is 24.3 Å². The van der Waals surface area contributed by atoms with Gasteiger partial charge in [0.2, 0.25) is 0 Å². The van der Waals surface area contributed by atoms with Crippen LogP contribution in [0.4, 0.5) is 0 Å². The van der Waals surface area contributed by atoms with E-state index in [2.05, 4.69) is 4.98 Å². The van der Waals surface area contributed by atoms with E-state index >= 15 is 0 Å². The highest BCUT2D eigenvalue weighted by atomic mass is 16.5. The van der Waals surface area contributed by atoms with Crippen LogP contribution >= 0.6 is 0 Å². The Hall–Kier alpha value is -2.35. The van der Waals surface area contributed by atoms with Crippen LogP contribution in [-0.4, -0.2) is 14.9 Å². The minimum Gasteiger partial charge on any atom is -0.426 e. The molecule has 5 heteroatoms. The molecule has 0 aliphatic carbocycles. The molecule has 2 rings (SSSR count). The Labute approximate surface area is 79.0 Å². The lowest BCUT2D eigenvalue weighted by Crippen LogP contribution is -2.22. The molecule has 1 aromatic carbocycles. The summed E-state index contributed by atoms with van der Waals surface area (Å²) >= 11 is 0. The van der Waals surface area contributed by atoms with Crippen LogP contribution in [-0.2, 0) is 0 Å². The predicted molar refractivity (Wildman–Crippen MR) is 47.5 cm³/mol. The summed E-state index contributed by atoms with van der Waals surface area (Å²) < 4.78 is 0.654. The summed E-state index contributed by atoms with van der Waals surface area (Å²) in [6.07, 6.45) is 0. The molecule has 0 bridgehead atoms. The molecule has 1 heterocycles. The second kappa shape index (κ2) is 2.85. The Morgan fingerprint density at radius 3 is 2.86 bits per heavy atom. The second-order valence-corrected chi connectivity index (χ2v) is 2.72. The molecule has 0 unspecified atom stereocenters. The molecule has 0 atom stereocenters. The molecule has 0 amide bonds. The molecule has 0 aliphatic rings. The van der Waals surface area contributed by atoms with Crippen LogP contribution in [0.1, 0.15) is 5.69 Å². The zero-order valence-corrected chi connectivity index (χ0v) is 7.10. The maximum Gasteiger partial charge on any atom is 0.198 e. The van der Waals surface area contributed by atoms with Gasteiger partial charge in [0, 0.05) is 0 Å². The first kappa shape index (κ1) is 8.26. The number of aromatic nitrogens is 2. The summed E-state index contributed by atoms with van der Waals surface area (Å²) in [5.74, 6) is 0. The summed E-state index contributed by atoms with van der Waals surface area (Å²) in [4.78, 5) is 3.92. The quantitative estimate of drug-likeness (QED) is 0.591. The van der Waals surface area contributed by atoms with Crippen molar-refractivity contribution in [1.29, 1.82) is 10.7 Å². The van der Waals surface area contributed by atoms with E-state index in [0.29, 0.717) is 15.8 Å². The van der Waals surface area contributed by atoms with Gasteiger partial charge >= 0.3 is 0 Å². The first-order valence-corrected chi connectivity index (χ1v) is 3.90. The lowest BCUT2D eigenvalue weighted by atomic mass is 10.3. The average molecular weight is 186 g/mol. The topological polar surface area (TPSA) is 85.7 Å². The number of benzene rings is 1. The van der Waals surface area contributed by atoms with Crippen molar-refractivity contribution in [3.8, 4) is 6.07 Å². The van der Waals surface area contributed by atoms with Gasteiger partial charge in [-0.25, -0.2) is 4.98 Å². The van der Waals surface area contributed by atoms with Gasteiger partial charge in [0.25, 0.3) is 0 Å². The molecule has 1 aromatic heterocycles. The lowest BCUT2D eigenvalue weighted by Gasteiger charge is -2.03. The number of nitriles is 1. The summed E-state index contributed by atoms with van der Waals surface area (Å²) in [6.45, 7) is 0. The number of rotatable bonds is 0. The van der Waals surface area contributed by atoms with Crippen molar-refractivity contribution in [2.75, 3.05) is 0 Å². The van der Waals surface area contributed by atoms with Gasteiger partial charge in [-0.15, -0.1) is 0 Å². The molecule has 2 aromatic rings. The third-order valence-corrected chi connectivity index (χ3v) is 1.88. The molecule has 0 aliphatic heterocycles. The highest BCUT2D eigenvalue weighted by molar-refractivity contribution is 5.74. The van der Waals surface area contributed by atoms with Crippen molar-refractivity contribution >= 4 is 11.0 Å². The molecular weight excluding hydrogens is 180 g/mol. The predicted octanol–water partition coefficient (Wildman–Crippen LogP) is 0.625. The van der Waals surface area contributed by atoms with Gasteiger partial charge in [-0.2, -0.15) is 9.99 Å². The highest BCUT2D eigenvalue weighted by Crippen LogP contribution is 2.07. The number of nitrogens with one attached hydrogen (secondary N) is 1. The van der Waals surface area contributed by atoms with Gasteiger partial charge in [-0.1, -0.05) is 12.1 Å². The second-order valence-electron chi connectivity index (χ2n) is 2.72. The molecular formula is C9H6N4O. The molecule has 5 nitrogen and oxygen atoms in total. The van der Waals surface area contributed by atoms with Crippen LogP contribution in [0.5, 0.6) is 0 Å². The SMILES string of the molecule is N#Cc1nc2ccccc2n(O)c1=N. The minimum absolute atomic E-state index is 0.0915. The van der Waals surface area contributed by atoms with Crippen LogP contribution in [0.2, 0.25) is 0 Å². The van der Waals surface area contributed by atoms with E-state index in [9.17, 15) is 5.21 Å². The van der Waals surface area contributed by atoms with Crippen LogP contribution in [0.25, 0.3) is 11.0 Å². The Morgan fingerprint density at radius 1 is 1.43 bits per heavy atom. The van der Waals surface area contributed by atoms with Gasteiger partial charge in [-0.05, 0) is 12.1 Å². The number of hydrogen-bond donors (Lipinski definition) is 2. The minimum atomic E-state index is -0.300. The summed E-state index contributed by atoms with van der Waals surface area (Å²) in [5.41, 5.74) is 0.511. The Bertz CT molecular complexity index is 594. The Kier molecular flexibility index (Phi) is 1.68. The number of hydrogen-bond acceptors (Lipinski definition) is 4. The van der Waals surface area contributed by atoms with E-state index < -0.39 is 0 Å². The summed E-state index contributed by atoms with van der Waals surface area (Å²) in [6, 6.07) is 8.52. The Morgan fingerprint density at radius 2 is 2.14 bits per heavy atom. The molecule has 0 radical (unpaired) electrons. The molecule has 0 saturated heterocycles. The zero-order valence-electron chi connectivity index (χ0n) is 7.10. The number of fused-ring (bicyclic) bond motifs is 1. The first-order valence-electron chi connectivity index (χ1n) is 3.90. The fourth-order valence-corrected chi connectivity index (χ4v) is 1.21. The molecule has 2 N–H and O–H groups in total. The van der Waals surface area contributed by atoms with Crippen molar-refractivity contribution in [3.05, 3.63) is 35.4 Å². The monoisotopic (exact) mass is 186 g/mol. The molecule has 14 heavy (non-hydrogen) atoms. The smallest absolute Gasteiger partial charge is 0.198 e. The van der Waals surface area contributed by atoms with Gasteiger partial charge in [0.1, 0.15) is 11.6 Å². The maximum absolute atomic E-state index is 9.51.